The highest BCUT2D eigenvalue weighted by Crippen LogP contribution is 2.33. The van der Waals surface area contributed by atoms with Crippen LogP contribution in [0.25, 0.3) is 10.9 Å². The Morgan fingerprint density at radius 2 is 1.88 bits per heavy atom. The van der Waals surface area contributed by atoms with E-state index in [1.54, 1.807) is 12.4 Å². The fourth-order valence-corrected chi connectivity index (χ4v) is 3.49. The SMILES string of the molecule is OC1CCC(CN(c2ncccn2)c2cccc3[nH]ncc23)CC1. The Labute approximate surface area is 140 Å². The predicted molar refractivity (Wildman–Crippen MR) is 93.1 cm³/mol. The molecule has 2 aromatic heterocycles. The van der Waals surface area contributed by atoms with Crippen LogP contribution in [0.3, 0.4) is 0 Å². The molecule has 0 saturated heterocycles. The maximum Gasteiger partial charge on any atom is 0.229 e. The number of hydrogen-bond acceptors (Lipinski definition) is 5. The molecular weight excluding hydrogens is 302 g/mol. The monoisotopic (exact) mass is 323 g/mol. The molecule has 0 aliphatic heterocycles. The van der Waals surface area contributed by atoms with Gasteiger partial charge in [-0.1, -0.05) is 6.07 Å². The standard InChI is InChI=1S/C18H21N5O/c24-14-7-5-13(6-8-14)12-23(18-19-9-2-10-20-18)17-4-1-3-16-15(17)11-21-22-16/h1-4,9-11,13-14,24H,5-8,12H2,(H,21,22). The first-order chi connectivity index (χ1) is 11.8. The minimum atomic E-state index is -0.139. The summed E-state index contributed by atoms with van der Waals surface area (Å²) < 4.78 is 0. The van der Waals surface area contributed by atoms with Crippen molar-refractivity contribution in [3.63, 3.8) is 0 Å². The number of aliphatic hydroxyl groups is 1. The van der Waals surface area contributed by atoms with Crippen molar-refractivity contribution >= 4 is 22.5 Å². The van der Waals surface area contributed by atoms with Gasteiger partial charge in [-0.3, -0.25) is 5.10 Å². The zero-order valence-electron chi connectivity index (χ0n) is 13.5. The molecule has 1 saturated carbocycles. The zero-order valence-corrected chi connectivity index (χ0v) is 13.5. The van der Waals surface area contributed by atoms with Crippen molar-refractivity contribution in [3.8, 4) is 0 Å². The van der Waals surface area contributed by atoms with Crippen LogP contribution >= 0.6 is 0 Å². The number of rotatable bonds is 4. The number of aliphatic hydroxyl groups excluding tert-OH is 1. The van der Waals surface area contributed by atoms with Crippen molar-refractivity contribution in [2.45, 2.75) is 31.8 Å². The number of hydrogen-bond donors (Lipinski definition) is 2. The second-order valence-electron chi connectivity index (χ2n) is 6.44. The Morgan fingerprint density at radius 1 is 1.08 bits per heavy atom. The first-order valence-corrected chi connectivity index (χ1v) is 8.46. The summed E-state index contributed by atoms with van der Waals surface area (Å²) in [4.78, 5) is 11.1. The van der Waals surface area contributed by atoms with E-state index >= 15 is 0 Å². The third-order valence-corrected chi connectivity index (χ3v) is 4.80. The fraction of sp³-hybridized carbons (Fsp3) is 0.389. The van der Waals surface area contributed by atoms with E-state index in [1.807, 2.05) is 24.4 Å². The summed E-state index contributed by atoms with van der Waals surface area (Å²) in [5.74, 6) is 1.23. The topological polar surface area (TPSA) is 77.9 Å². The summed E-state index contributed by atoms with van der Waals surface area (Å²) in [7, 11) is 0. The van der Waals surface area contributed by atoms with Gasteiger partial charge in [-0.25, -0.2) is 9.97 Å². The quantitative estimate of drug-likeness (QED) is 0.771. The summed E-state index contributed by atoms with van der Waals surface area (Å²) in [6, 6.07) is 7.96. The van der Waals surface area contributed by atoms with E-state index in [9.17, 15) is 5.11 Å². The van der Waals surface area contributed by atoms with E-state index in [0.717, 1.165) is 48.8 Å². The molecule has 6 heteroatoms. The van der Waals surface area contributed by atoms with Gasteiger partial charge in [-0.15, -0.1) is 0 Å². The lowest BCUT2D eigenvalue weighted by Crippen LogP contribution is -2.30. The van der Waals surface area contributed by atoms with Gasteiger partial charge in [0.15, 0.2) is 0 Å². The highest BCUT2D eigenvalue weighted by molar-refractivity contribution is 5.92. The molecule has 0 spiro atoms. The molecule has 1 fully saturated rings. The van der Waals surface area contributed by atoms with Crippen LogP contribution in [-0.2, 0) is 0 Å². The number of aromatic nitrogens is 4. The molecule has 6 nitrogen and oxygen atoms in total. The number of aromatic amines is 1. The minimum Gasteiger partial charge on any atom is -0.393 e. The van der Waals surface area contributed by atoms with Crippen LogP contribution in [0.4, 0.5) is 11.6 Å². The van der Waals surface area contributed by atoms with Crippen LogP contribution in [0.5, 0.6) is 0 Å². The molecule has 1 aliphatic carbocycles. The van der Waals surface area contributed by atoms with E-state index in [4.69, 9.17) is 0 Å². The van der Waals surface area contributed by atoms with Crippen LogP contribution in [0.15, 0.2) is 42.9 Å². The molecular formula is C18H21N5O. The van der Waals surface area contributed by atoms with Gasteiger partial charge in [0.1, 0.15) is 0 Å². The van der Waals surface area contributed by atoms with Gasteiger partial charge in [0.25, 0.3) is 0 Å². The number of benzene rings is 1. The van der Waals surface area contributed by atoms with Gasteiger partial charge in [0.2, 0.25) is 5.95 Å². The Kier molecular flexibility index (Phi) is 4.13. The summed E-state index contributed by atoms with van der Waals surface area (Å²) in [6.07, 6.45) is 9.09. The molecule has 0 bridgehead atoms. The first-order valence-electron chi connectivity index (χ1n) is 8.46. The Balaban J connectivity index is 1.70. The minimum absolute atomic E-state index is 0.139. The molecule has 0 unspecified atom stereocenters. The van der Waals surface area contributed by atoms with E-state index in [0.29, 0.717) is 11.9 Å². The van der Waals surface area contributed by atoms with E-state index in [-0.39, 0.29) is 6.10 Å². The average Bonchev–Trinajstić information content (AvgIpc) is 3.11. The third kappa shape index (κ3) is 2.97. The lowest BCUT2D eigenvalue weighted by molar-refractivity contribution is 0.110. The molecule has 1 aliphatic rings. The number of nitrogens with zero attached hydrogens (tertiary/aromatic N) is 4. The molecule has 0 radical (unpaired) electrons. The van der Waals surface area contributed by atoms with Crippen LogP contribution in [0.2, 0.25) is 0 Å². The molecule has 2 heterocycles. The molecule has 0 amide bonds. The van der Waals surface area contributed by atoms with Gasteiger partial charge < -0.3 is 10.0 Å². The summed E-state index contributed by atoms with van der Waals surface area (Å²) >= 11 is 0. The number of fused-ring (bicyclic) bond motifs is 1. The molecule has 2 N–H and O–H groups in total. The fourth-order valence-electron chi connectivity index (χ4n) is 3.49. The highest BCUT2D eigenvalue weighted by Gasteiger charge is 2.24. The van der Waals surface area contributed by atoms with Crippen molar-refractivity contribution < 1.29 is 5.11 Å². The Morgan fingerprint density at radius 3 is 2.67 bits per heavy atom. The van der Waals surface area contributed by atoms with Crippen LogP contribution in [0, 0.1) is 5.92 Å². The number of anilines is 2. The Hall–Kier alpha value is -2.47. The second kappa shape index (κ2) is 6.57. The van der Waals surface area contributed by atoms with Gasteiger partial charge in [0.05, 0.1) is 23.5 Å². The molecule has 24 heavy (non-hydrogen) atoms. The van der Waals surface area contributed by atoms with Gasteiger partial charge in [-0.2, -0.15) is 5.10 Å². The molecule has 3 aromatic rings. The lowest BCUT2D eigenvalue weighted by atomic mass is 9.87. The predicted octanol–water partition coefficient (Wildman–Crippen LogP) is 3.04. The number of H-pyrrole nitrogens is 1. The van der Waals surface area contributed by atoms with Crippen LogP contribution < -0.4 is 4.90 Å². The molecule has 0 atom stereocenters. The zero-order chi connectivity index (χ0) is 16.4. The maximum absolute atomic E-state index is 9.76. The van der Waals surface area contributed by atoms with Crippen LogP contribution in [-0.4, -0.2) is 37.9 Å². The van der Waals surface area contributed by atoms with Gasteiger partial charge in [0, 0.05) is 24.3 Å². The van der Waals surface area contributed by atoms with Crippen molar-refractivity contribution in [2.75, 3.05) is 11.4 Å². The third-order valence-electron chi connectivity index (χ3n) is 4.80. The Bertz CT molecular complexity index is 795. The highest BCUT2D eigenvalue weighted by atomic mass is 16.3. The van der Waals surface area contributed by atoms with Crippen LogP contribution in [0.1, 0.15) is 25.7 Å². The lowest BCUT2D eigenvalue weighted by Gasteiger charge is -2.31. The number of nitrogens with one attached hydrogen (secondary N) is 1. The second-order valence-corrected chi connectivity index (χ2v) is 6.44. The van der Waals surface area contributed by atoms with Gasteiger partial charge in [-0.05, 0) is 49.8 Å². The smallest absolute Gasteiger partial charge is 0.229 e. The van der Waals surface area contributed by atoms with E-state index in [2.05, 4.69) is 31.1 Å². The van der Waals surface area contributed by atoms with Gasteiger partial charge >= 0.3 is 0 Å². The molecule has 124 valence electrons. The van der Waals surface area contributed by atoms with Crippen molar-refractivity contribution in [2.24, 2.45) is 5.92 Å². The van der Waals surface area contributed by atoms with E-state index < -0.39 is 0 Å². The largest absolute Gasteiger partial charge is 0.393 e. The summed E-state index contributed by atoms with van der Waals surface area (Å²) in [6.45, 7) is 0.848. The average molecular weight is 323 g/mol. The normalized spacial score (nSPS) is 21.0. The van der Waals surface area contributed by atoms with Crippen molar-refractivity contribution in [1.29, 1.82) is 0 Å². The first kappa shape index (κ1) is 15.1. The van der Waals surface area contributed by atoms with Crippen molar-refractivity contribution in [3.05, 3.63) is 42.9 Å². The molecule has 4 rings (SSSR count). The van der Waals surface area contributed by atoms with Crippen molar-refractivity contribution in [1.82, 2.24) is 20.2 Å². The summed E-state index contributed by atoms with van der Waals surface area (Å²) in [5.41, 5.74) is 2.08. The summed E-state index contributed by atoms with van der Waals surface area (Å²) in [5, 5.41) is 18.0. The maximum atomic E-state index is 9.76. The van der Waals surface area contributed by atoms with E-state index in [1.165, 1.54) is 0 Å². The molecule has 1 aromatic carbocycles.